The molecule has 10 nitrogen and oxygen atoms in total. The molecular formula is C20H28N8O2. The summed E-state index contributed by atoms with van der Waals surface area (Å²) < 4.78 is 6.89. The van der Waals surface area contributed by atoms with Crippen molar-refractivity contribution in [2.45, 2.75) is 39.3 Å². The van der Waals surface area contributed by atoms with Gasteiger partial charge in [0.1, 0.15) is 23.3 Å². The third-order valence-electron chi connectivity index (χ3n) is 4.56. The number of fused-ring (bicyclic) bond motifs is 1. The number of hydrogen-bond acceptors (Lipinski definition) is 9. The lowest BCUT2D eigenvalue weighted by Crippen LogP contribution is -2.26. The maximum Gasteiger partial charge on any atom is 0.280 e. The molecule has 1 atom stereocenters. The number of nitrogens with one attached hydrogen (secondary N) is 2. The van der Waals surface area contributed by atoms with Gasteiger partial charge in [-0.2, -0.15) is 10.1 Å². The first-order chi connectivity index (χ1) is 14.5. The van der Waals surface area contributed by atoms with Gasteiger partial charge in [0.15, 0.2) is 0 Å². The van der Waals surface area contributed by atoms with Crippen LogP contribution in [-0.2, 0) is 6.54 Å². The van der Waals surface area contributed by atoms with Crippen molar-refractivity contribution in [3.05, 3.63) is 40.4 Å². The van der Waals surface area contributed by atoms with Crippen LogP contribution < -0.4 is 26.7 Å². The molecular weight excluding hydrogens is 384 g/mol. The molecule has 3 aromatic rings. The zero-order valence-corrected chi connectivity index (χ0v) is 17.6. The number of hydrogen-bond donors (Lipinski definition) is 3. The molecule has 30 heavy (non-hydrogen) atoms. The minimum atomic E-state index is -0.284. The third kappa shape index (κ3) is 5.20. The molecule has 0 fully saturated rings. The summed E-state index contributed by atoms with van der Waals surface area (Å²) in [6.45, 7) is 5.68. The zero-order chi connectivity index (χ0) is 21.5. The van der Waals surface area contributed by atoms with Crippen LogP contribution in [0.5, 0.6) is 5.88 Å². The highest BCUT2D eigenvalue weighted by atomic mass is 16.5. The van der Waals surface area contributed by atoms with Crippen LogP contribution in [0.2, 0.25) is 0 Å². The Morgan fingerprint density at radius 1 is 1.27 bits per heavy atom. The van der Waals surface area contributed by atoms with E-state index in [9.17, 15) is 4.79 Å². The van der Waals surface area contributed by atoms with Gasteiger partial charge in [0.05, 0.1) is 12.7 Å². The van der Waals surface area contributed by atoms with Crippen molar-refractivity contribution in [2.24, 2.45) is 0 Å². The van der Waals surface area contributed by atoms with Gasteiger partial charge in [0, 0.05) is 24.8 Å². The molecule has 4 N–H and O–H groups in total. The fraction of sp³-hybridized carbons (Fsp3) is 0.450. The number of ether oxygens (including phenoxy) is 1. The molecule has 0 aliphatic rings. The minimum Gasteiger partial charge on any atom is -0.476 e. The molecule has 0 spiro atoms. The van der Waals surface area contributed by atoms with Crippen molar-refractivity contribution in [3.63, 3.8) is 0 Å². The van der Waals surface area contributed by atoms with Crippen molar-refractivity contribution in [1.82, 2.24) is 30.0 Å². The fourth-order valence-electron chi connectivity index (χ4n) is 3.08. The standard InChI is InChI=1S/C20H28N8O2/c1-4-5-13(2)25-18-17-15(26-20(21)27-18)11-24-28(19(17)29)12-14-6-7-16(23-10-14)30-9-8-22-3/h6-7,10-11,13,22H,4-5,8-9,12H2,1-3H3,(H3,21,25,26,27)/t13-/m1/s1. The first-order valence-electron chi connectivity index (χ1n) is 10.0. The molecule has 0 aliphatic heterocycles. The lowest BCUT2D eigenvalue weighted by atomic mass is 10.2. The highest BCUT2D eigenvalue weighted by Gasteiger charge is 2.15. The Labute approximate surface area is 174 Å². The highest BCUT2D eigenvalue weighted by Crippen LogP contribution is 2.19. The normalized spacial score (nSPS) is 12.1. The van der Waals surface area contributed by atoms with Crippen LogP contribution in [-0.4, -0.2) is 51.0 Å². The van der Waals surface area contributed by atoms with E-state index in [0.29, 0.717) is 29.2 Å². The van der Waals surface area contributed by atoms with E-state index in [0.717, 1.165) is 24.9 Å². The number of rotatable bonds is 10. The lowest BCUT2D eigenvalue weighted by Gasteiger charge is -2.15. The van der Waals surface area contributed by atoms with Crippen molar-refractivity contribution in [3.8, 4) is 5.88 Å². The van der Waals surface area contributed by atoms with E-state index >= 15 is 0 Å². The first-order valence-corrected chi connectivity index (χ1v) is 10.0. The second-order valence-electron chi connectivity index (χ2n) is 7.09. The van der Waals surface area contributed by atoms with E-state index in [1.807, 2.05) is 20.0 Å². The van der Waals surface area contributed by atoms with Gasteiger partial charge in [-0.25, -0.2) is 14.6 Å². The predicted octanol–water partition coefficient (Wildman–Crippen LogP) is 1.41. The second kappa shape index (κ2) is 9.97. The van der Waals surface area contributed by atoms with Crippen LogP contribution in [0.15, 0.2) is 29.3 Å². The van der Waals surface area contributed by atoms with Gasteiger partial charge in [-0.15, -0.1) is 0 Å². The first kappa shape index (κ1) is 21.4. The summed E-state index contributed by atoms with van der Waals surface area (Å²) in [6, 6.07) is 3.79. The lowest BCUT2D eigenvalue weighted by molar-refractivity contribution is 0.306. The number of aromatic nitrogens is 5. The van der Waals surface area contributed by atoms with E-state index in [4.69, 9.17) is 10.5 Å². The summed E-state index contributed by atoms with van der Waals surface area (Å²) in [4.78, 5) is 25.8. The van der Waals surface area contributed by atoms with Gasteiger partial charge >= 0.3 is 0 Å². The van der Waals surface area contributed by atoms with E-state index < -0.39 is 0 Å². The summed E-state index contributed by atoms with van der Waals surface area (Å²) in [7, 11) is 1.86. The number of anilines is 2. The maximum absolute atomic E-state index is 13.1. The van der Waals surface area contributed by atoms with Crippen LogP contribution in [0.25, 0.3) is 10.9 Å². The monoisotopic (exact) mass is 412 g/mol. The molecule has 10 heteroatoms. The molecule has 3 rings (SSSR count). The van der Waals surface area contributed by atoms with E-state index in [1.54, 1.807) is 12.3 Å². The largest absolute Gasteiger partial charge is 0.476 e. The number of nitrogen functional groups attached to an aromatic ring is 1. The summed E-state index contributed by atoms with van der Waals surface area (Å²) in [5, 5.41) is 10.9. The summed E-state index contributed by atoms with van der Waals surface area (Å²) in [5.74, 6) is 1.07. The average molecular weight is 412 g/mol. The maximum atomic E-state index is 13.1. The Morgan fingerprint density at radius 3 is 2.80 bits per heavy atom. The third-order valence-corrected chi connectivity index (χ3v) is 4.56. The molecule has 3 heterocycles. The van der Waals surface area contributed by atoms with Gasteiger partial charge in [-0.1, -0.05) is 19.4 Å². The van der Waals surface area contributed by atoms with Crippen molar-refractivity contribution in [1.29, 1.82) is 0 Å². The highest BCUT2D eigenvalue weighted by molar-refractivity contribution is 5.88. The predicted molar refractivity (Wildman–Crippen MR) is 117 cm³/mol. The Bertz CT molecular complexity index is 1040. The summed E-state index contributed by atoms with van der Waals surface area (Å²) >= 11 is 0. The van der Waals surface area contributed by atoms with Crippen molar-refractivity contribution < 1.29 is 4.74 Å². The molecule has 0 aliphatic carbocycles. The molecule has 0 saturated heterocycles. The van der Waals surface area contributed by atoms with E-state index in [-0.39, 0.29) is 24.1 Å². The molecule has 0 unspecified atom stereocenters. The average Bonchev–Trinajstić information content (AvgIpc) is 2.71. The van der Waals surface area contributed by atoms with E-state index in [1.165, 1.54) is 10.9 Å². The molecule has 160 valence electrons. The van der Waals surface area contributed by atoms with Crippen LogP contribution in [0.1, 0.15) is 32.3 Å². The minimum absolute atomic E-state index is 0.103. The Hall–Kier alpha value is -3.27. The molecule has 0 aromatic carbocycles. The Morgan fingerprint density at radius 2 is 2.10 bits per heavy atom. The number of likely N-dealkylation sites (N-methyl/N-ethyl adjacent to an activating group) is 1. The SMILES string of the molecule is CCC[C@@H](C)Nc1nc(N)nc2cnn(Cc3ccc(OCCNC)nc3)c(=O)c12. The van der Waals surface area contributed by atoms with Crippen molar-refractivity contribution >= 4 is 22.7 Å². The molecule has 0 amide bonds. The van der Waals surface area contributed by atoms with Crippen LogP contribution >= 0.6 is 0 Å². The van der Waals surface area contributed by atoms with Crippen LogP contribution in [0.3, 0.4) is 0 Å². The fourth-order valence-corrected chi connectivity index (χ4v) is 3.08. The van der Waals surface area contributed by atoms with Gasteiger partial charge in [-0.05, 0) is 26.0 Å². The smallest absolute Gasteiger partial charge is 0.280 e. The van der Waals surface area contributed by atoms with Crippen molar-refractivity contribution in [2.75, 3.05) is 31.2 Å². The molecule has 0 bridgehead atoms. The molecule has 3 aromatic heterocycles. The van der Waals surface area contributed by atoms with Crippen LogP contribution in [0, 0.1) is 0 Å². The van der Waals surface area contributed by atoms with Gasteiger partial charge in [0.2, 0.25) is 11.8 Å². The number of nitrogens with two attached hydrogens (primary N) is 1. The van der Waals surface area contributed by atoms with E-state index in [2.05, 4.69) is 37.6 Å². The van der Waals surface area contributed by atoms with Crippen LogP contribution in [0.4, 0.5) is 11.8 Å². The molecule has 0 radical (unpaired) electrons. The topological polar surface area (TPSA) is 133 Å². The quantitative estimate of drug-likeness (QED) is 0.423. The van der Waals surface area contributed by atoms with Gasteiger partial charge < -0.3 is 21.1 Å². The number of nitrogens with zero attached hydrogens (tertiary/aromatic N) is 5. The van der Waals surface area contributed by atoms with Gasteiger partial charge in [-0.3, -0.25) is 4.79 Å². The molecule has 0 saturated carbocycles. The number of pyridine rings is 1. The summed E-state index contributed by atoms with van der Waals surface area (Å²) in [5.41, 5.74) is 6.78. The Kier molecular flexibility index (Phi) is 7.12. The summed E-state index contributed by atoms with van der Waals surface area (Å²) in [6.07, 6.45) is 5.17. The zero-order valence-electron chi connectivity index (χ0n) is 17.6. The second-order valence-corrected chi connectivity index (χ2v) is 7.09. The van der Waals surface area contributed by atoms with Gasteiger partial charge in [0.25, 0.3) is 5.56 Å². The Balaban J connectivity index is 1.87.